The van der Waals surface area contributed by atoms with Crippen molar-refractivity contribution in [1.82, 2.24) is 0 Å². The van der Waals surface area contributed by atoms with Gasteiger partial charge in [-0.15, -0.1) is 11.3 Å². The summed E-state index contributed by atoms with van der Waals surface area (Å²) in [5.74, 6) is -13.9. The third-order valence-corrected chi connectivity index (χ3v) is 4.54. The standard InChI is InChI=1S/C15H11F5N2O2S/c1-3-5-4(2)25-15(6(5)13(21)23)22-14(24)7-8(16)10(18)12(20)11(19)9(7)17/h3H2,1-2H3,(H2,21,23)(H,22,24). The molecular weight excluding hydrogens is 367 g/mol. The number of carbonyl (C=O) groups excluding carboxylic acids is 2. The first kappa shape index (κ1) is 18.8. The molecule has 1 aromatic heterocycles. The highest BCUT2D eigenvalue weighted by atomic mass is 32.1. The van der Waals surface area contributed by atoms with Crippen LogP contribution in [0.2, 0.25) is 0 Å². The number of rotatable bonds is 4. The van der Waals surface area contributed by atoms with Crippen molar-refractivity contribution in [2.45, 2.75) is 20.3 Å². The molecule has 0 aliphatic heterocycles. The Morgan fingerprint density at radius 3 is 1.88 bits per heavy atom. The van der Waals surface area contributed by atoms with Crippen LogP contribution in [0.25, 0.3) is 0 Å². The van der Waals surface area contributed by atoms with Crippen molar-refractivity contribution in [3.05, 3.63) is 50.7 Å². The van der Waals surface area contributed by atoms with E-state index >= 15 is 0 Å². The molecule has 4 nitrogen and oxygen atoms in total. The first-order valence-corrected chi connectivity index (χ1v) is 7.68. The second-order valence-electron chi connectivity index (χ2n) is 4.96. The van der Waals surface area contributed by atoms with E-state index in [4.69, 9.17) is 5.73 Å². The van der Waals surface area contributed by atoms with Gasteiger partial charge in [-0.05, 0) is 18.9 Å². The van der Waals surface area contributed by atoms with Crippen LogP contribution in [0, 0.1) is 36.0 Å². The van der Waals surface area contributed by atoms with Crippen LogP contribution >= 0.6 is 11.3 Å². The maximum Gasteiger partial charge on any atom is 0.262 e. The molecule has 0 spiro atoms. The van der Waals surface area contributed by atoms with Gasteiger partial charge in [0.05, 0.1) is 5.56 Å². The van der Waals surface area contributed by atoms with Crippen molar-refractivity contribution in [2.75, 3.05) is 5.32 Å². The molecule has 0 unspecified atom stereocenters. The highest BCUT2D eigenvalue weighted by Crippen LogP contribution is 2.34. The summed E-state index contributed by atoms with van der Waals surface area (Å²) in [7, 11) is 0. The van der Waals surface area contributed by atoms with Crippen LogP contribution < -0.4 is 11.1 Å². The SMILES string of the molecule is CCc1c(C)sc(NC(=O)c2c(F)c(F)c(F)c(F)c2F)c1C(N)=O. The number of aryl methyl sites for hydroxylation is 1. The average Bonchev–Trinajstić information content (AvgIpc) is 2.86. The molecule has 25 heavy (non-hydrogen) atoms. The Morgan fingerprint density at radius 2 is 1.44 bits per heavy atom. The van der Waals surface area contributed by atoms with Gasteiger partial charge in [0.2, 0.25) is 5.82 Å². The molecular formula is C15H11F5N2O2S. The molecule has 1 aromatic carbocycles. The van der Waals surface area contributed by atoms with Gasteiger partial charge in [0.15, 0.2) is 23.3 Å². The van der Waals surface area contributed by atoms with Crippen molar-refractivity contribution in [2.24, 2.45) is 5.73 Å². The number of thiophene rings is 1. The zero-order chi connectivity index (χ0) is 19.0. The molecule has 0 saturated carbocycles. The van der Waals surface area contributed by atoms with E-state index in [0.717, 1.165) is 11.3 Å². The summed E-state index contributed by atoms with van der Waals surface area (Å²) < 4.78 is 66.9. The zero-order valence-electron chi connectivity index (χ0n) is 12.9. The first-order chi connectivity index (χ1) is 11.6. The number of primary amides is 1. The third kappa shape index (κ3) is 3.09. The molecule has 0 fully saturated rings. The molecule has 0 saturated heterocycles. The molecule has 0 atom stereocenters. The van der Waals surface area contributed by atoms with E-state index in [1.165, 1.54) is 0 Å². The lowest BCUT2D eigenvalue weighted by Gasteiger charge is -2.09. The predicted molar refractivity (Wildman–Crippen MR) is 81.1 cm³/mol. The summed E-state index contributed by atoms with van der Waals surface area (Å²) in [6.45, 7) is 3.35. The predicted octanol–water partition coefficient (Wildman–Crippen LogP) is 3.67. The van der Waals surface area contributed by atoms with Gasteiger partial charge in [0.1, 0.15) is 10.6 Å². The molecule has 134 valence electrons. The van der Waals surface area contributed by atoms with E-state index in [2.05, 4.69) is 0 Å². The maximum absolute atomic E-state index is 13.7. The summed E-state index contributed by atoms with van der Waals surface area (Å²) in [5.41, 5.74) is 4.05. The van der Waals surface area contributed by atoms with Crippen LogP contribution in [0.4, 0.5) is 27.0 Å². The van der Waals surface area contributed by atoms with Gasteiger partial charge in [-0.2, -0.15) is 0 Å². The maximum atomic E-state index is 13.7. The van der Waals surface area contributed by atoms with E-state index < -0.39 is 46.5 Å². The van der Waals surface area contributed by atoms with Crippen LogP contribution in [0.15, 0.2) is 0 Å². The molecule has 2 amide bonds. The van der Waals surface area contributed by atoms with Gasteiger partial charge >= 0.3 is 0 Å². The lowest BCUT2D eigenvalue weighted by atomic mass is 10.1. The fraction of sp³-hybridized carbons (Fsp3) is 0.200. The average molecular weight is 378 g/mol. The van der Waals surface area contributed by atoms with Gasteiger partial charge in [0, 0.05) is 4.88 Å². The van der Waals surface area contributed by atoms with Crippen molar-refractivity contribution in [3.63, 3.8) is 0 Å². The number of anilines is 1. The third-order valence-electron chi connectivity index (χ3n) is 3.47. The molecule has 3 N–H and O–H groups in total. The van der Waals surface area contributed by atoms with Gasteiger partial charge in [-0.25, -0.2) is 22.0 Å². The summed E-state index contributed by atoms with van der Waals surface area (Å²) in [6.07, 6.45) is 0.388. The number of carbonyl (C=O) groups is 2. The highest BCUT2D eigenvalue weighted by Gasteiger charge is 2.31. The molecule has 0 bridgehead atoms. The van der Waals surface area contributed by atoms with Crippen LogP contribution in [-0.2, 0) is 6.42 Å². The van der Waals surface area contributed by atoms with E-state index in [1.54, 1.807) is 13.8 Å². The summed E-state index contributed by atoms with van der Waals surface area (Å²) in [5, 5.41) is 1.87. The minimum Gasteiger partial charge on any atom is -0.365 e. The summed E-state index contributed by atoms with van der Waals surface area (Å²) in [6, 6.07) is 0. The number of hydrogen-bond acceptors (Lipinski definition) is 3. The fourth-order valence-corrected chi connectivity index (χ4v) is 3.47. The van der Waals surface area contributed by atoms with Crippen molar-refractivity contribution < 1.29 is 31.5 Å². The molecule has 0 aliphatic rings. The van der Waals surface area contributed by atoms with E-state index in [1.807, 2.05) is 5.32 Å². The number of nitrogens with two attached hydrogens (primary N) is 1. The Labute approximate surface area is 142 Å². The number of benzene rings is 1. The van der Waals surface area contributed by atoms with Gasteiger partial charge in [-0.1, -0.05) is 6.92 Å². The lowest BCUT2D eigenvalue weighted by molar-refractivity contribution is 0.100. The first-order valence-electron chi connectivity index (χ1n) is 6.86. The lowest BCUT2D eigenvalue weighted by Crippen LogP contribution is -2.21. The molecule has 10 heteroatoms. The highest BCUT2D eigenvalue weighted by molar-refractivity contribution is 7.16. The minimum atomic E-state index is -2.37. The van der Waals surface area contributed by atoms with Crippen molar-refractivity contribution in [3.8, 4) is 0 Å². The number of nitrogens with one attached hydrogen (secondary N) is 1. The van der Waals surface area contributed by atoms with Crippen LogP contribution in [0.3, 0.4) is 0 Å². The van der Waals surface area contributed by atoms with Crippen LogP contribution in [0.1, 0.15) is 38.1 Å². The summed E-state index contributed by atoms with van der Waals surface area (Å²) >= 11 is 0.901. The second-order valence-corrected chi connectivity index (χ2v) is 6.18. The smallest absolute Gasteiger partial charge is 0.262 e. The van der Waals surface area contributed by atoms with E-state index in [9.17, 15) is 31.5 Å². The number of halogens is 5. The molecule has 0 radical (unpaired) electrons. The fourth-order valence-electron chi connectivity index (χ4n) is 2.32. The zero-order valence-corrected chi connectivity index (χ0v) is 13.7. The molecule has 2 aromatic rings. The quantitative estimate of drug-likeness (QED) is 0.484. The summed E-state index contributed by atoms with van der Waals surface area (Å²) in [4.78, 5) is 24.3. The normalized spacial score (nSPS) is 10.8. The largest absolute Gasteiger partial charge is 0.365 e. The molecule has 2 rings (SSSR count). The number of hydrogen-bond donors (Lipinski definition) is 2. The van der Waals surface area contributed by atoms with Crippen LogP contribution in [0.5, 0.6) is 0 Å². The Morgan fingerprint density at radius 1 is 0.960 bits per heavy atom. The van der Waals surface area contributed by atoms with Gasteiger partial charge in [-0.3, -0.25) is 9.59 Å². The van der Waals surface area contributed by atoms with Crippen molar-refractivity contribution in [1.29, 1.82) is 0 Å². The Bertz CT molecular complexity index is 866. The monoisotopic (exact) mass is 378 g/mol. The van der Waals surface area contributed by atoms with E-state index in [0.29, 0.717) is 16.9 Å². The van der Waals surface area contributed by atoms with Gasteiger partial charge < -0.3 is 11.1 Å². The van der Waals surface area contributed by atoms with E-state index in [-0.39, 0.29) is 10.6 Å². The molecule has 1 heterocycles. The van der Waals surface area contributed by atoms with Crippen LogP contribution in [-0.4, -0.2) is 11.8 Å². The Balaban J connectivity index is 2.55. The molecule has 0 aliphatic carbocycles. The Kier molecular flexibility index (Phi) is 5.12. The van der Waals surface area contributed by atoms with Crippen molar-refractivity contribution >= 4 is 28.2 Å². The van der Waals surface area contributed by atoms with Gasteiger partial charge in [0.25, 0.3) is 11.8 Å². The topological polar surface area (TPSA) is 72.2 Å². The number of amides is 2. The minimum absolute atomic E-state index is 0.0674. The Hall–Kier alpha value is -2.49. The second kappa shape index (κ2) is 6.79.